The van der Waals surface area contributed by atoms with E-state index in [0.29, 0.717) is 12.4 Å². The molecule has 1 heterocycles. The topological polar surface area (TPSA) is 29.5 Å². The van der Waals surface area contributed by atoms with Crippen molar-refractivity contribution < 1.29 is 9.84 Å². The number of thioether (sulfide) groups is 1. The molecule has 1 aromatic rings. The predicted octanol–water partition coefficient (Wildman–Crippen LogP) is 2.75. The molecule has 0 bridgehead atoms. The van der Waals surface area contributed by atoms with E-state index in [4.69, 9.17) is 4.74 Å². The van der Waals surface area contributed by atoms with Crippen LogP contribution in [0.5, 0.6) is 0 Å². The van der Waals surface area contributed by atoms with Crippen LogP contribution in [0.15, 0.2) is 41.0 Å². The maximum atomic E-state index is 10.1. The molecule has 0 saturated carbocycles. The van der Waals surface area contributed by atoms with Crippen LogP contribution in [0.4, 0.5) is 0 Å². The molecule has 1 N–H and O–H groups in total. The molecular formula is C12H14O2S. The molecule has 1 aromatic carbocycles. The number of ether oxygens (including phenoxy) is 1. The quantitative estimate of drug-likeness (QED) is 0.797. The van der Waals surface area contributed by atoms with Gasteiger partial charge in [-0.25, -0.2) is 0 Å². The average molecular weight is 222 g/mol. The number of aliphatic hydroxyl groups is 1. The van der Waals surface area contributed by atoms with E-state index >= 15 is 0 Å². The van der Waals surface area contributed by atoms with Gasteiger partial charge in [-0.3, -0.25) is 0 Å². The molecular weight excluding hydrogens is 208 g/mol. The van der Waals surface area contributed by atoms with Crippen LogP contribution in [-0.4, -0.2) is 18.0 Å². The van der Waals surface area contributed by atoms with Gasteiger partial charge in [0.2, 0.25) is 0 Å². The van der Waals surface area contributed by atoms with Gasteiger partial charge in [-0.2, -0.15) is 0 Å². The molecule has 0 amide bonds. The summed E-state index contributed by atoms with van der Waals surface area (Å²) in [6.45, 7) is 0.688. The van der Waals surface area contributed by atoms with Crippen molar-refractivity contribution in [3.8, 4) is 0 Å². The van der Waals surface area contributed by atoms with Gasteiger partial charge in [0.15, 0.2) is 0 Å². The molecule has 2 nitrogen and oxygen atoms in total. The second kappa shape index (κ2) is 4.73. The third-order valence-corrected chi connectivity index (χ3v) is 3.25. The highest BCUT2D eigenvalue weighted by Crippen LogP contribution is 2.32. The lowest BCUT2D eigenvalue weighted by Gasteiger charge is -2.15. The number of aliphatic hydroxyl groups excluding tert-OH is 1. The van der Waals surface area contributed by atoms with Crippen LogP contribution in [-0.2, 0) is 4.74 Å². The van der Waals surface area contributed by atoms with Crippen LogP contribution in [0.1, 0.15) is 18.1 Å². The Morgan fingerprint density at radius 3 is 2.87 bits per heavy atom. The Labute approximate surface area is 94.0 Å². The van der Waals surface area contributed by atoms with Crippen LogP contribution < -0.4 is 0 Å². The SMILES string of the molecule is CSc1ccccc1C(O)C1=CCCO1. The Balaban J connectivity index is 2.27. The minimum atomic E-state index is -0.615. The minimum absolute atomic E-state index is 0.615. The van der Waals surface area contributed by atoms with Crippen molar-refractivity contribution in [1.29, 1.82) is 0 Å². The molecule has 0 fully saturated rings. The van der Waals surface area contributed by atoms with Crippen LogP contribution in [0, 0.1) is 0 Å². The monoisotopic (exact) mass is 222 g/mol. The van der Waals surface area contributed by atoms with Crippen molar-refractivity contribution in [3.05, 3.63) is 41.7 Å². The van der Waals surface area contributed by atoms with Gasteiger partial charge in [0.25, 0.3) is 0 Å². The number of hydrogen-bond acceptors (Lipinski definition) is 3. The minimum Gasteiger partial charge on any atom is -0.495 e. The molecule has 2 rings (SSSR count). The Bertz CT molecular complexity index is 374. The molecule has 80 valence electrons. The van der Waals surface area contributed by atoms with E-state index in [1.807, 2.05) is 36.6 Å². The molecule has 0 spiro atoms. The van der Waals surface area contributed by atoms with Crippen molar-refractivity contribution in [2.75, 3.05) is 12.9 Å². The summed E-state index contributed by atoms with van der Waals surface area (Å²) in [6.07, 6.45) is 4.25. The summed E-state index contributed by atoms with van der Waals surface area (Å²) < 4.78 is 5.37. The highest BCUT2D eigenvalue weighted by atomic mass is 32.2. The average Bonchev–Trinajstić information content (AvgIpc) is 2.81. The lowest BCUT2D eigenvalue weighted by Crippen LogP contribution is -2.03. The van der Waals surface area contributed by atoms with Gasteiger partial charge in [0.05, 0.1) is 6.61 Å². The zero-order valence-electron chi connectivity index (χ0n) is 8.64. The van der Waals surface area contributed by atoms with Crippen LogP contribution in [0.25, 0.3) is 0 Å². The summed E-state index contributed by atoms with van der Waals surface area (Å²) in [5.74, 6) is 0.691. The zero-order chi connectivity index (χ0) is 10.7. The molecule has 3 heteroatoms. The van der Waals surface area contributed by atoms with Gasteiger partial charge in [0.1, 0.15) is 11.9 Å². The molecule has 1 aliphatic heterocycles. The summed E-state index contributed by atoms with van der Waals surface area (Å²) >= 11 is 1.64. The Hall–Kier alpha value is -0.930. The first-order valence-electron chi connectivity index (χ1n) is 4.96. The summed E-state index contributed by atoms with van der Waals surface area (Å²) in [5.41, 5.74) is 0.929. The fraction of sp³-hybridized carbons (Fsp3) is 0.333. The van der Waals surface area contributed by atoms with Crippen molar-refractivity contribution in [2.45, 2.75) is 17.4 Å². The van der Waals surface area contributed by atoms with E-state index in [0.717, 1.165) is 16.9 Å². The molecule has 0 aromatic heterocycles. The van der Waals surface area contributed by atoms with E-state index in [-0.39, 0.29) is 0 Å². The normalized spacial score (nSPS) is 17.1. The van der Waals surface area contributed by atoms with Gasteiger partial charge >= 0.3 is 0 Å². The summed E-state index contributed by atoms with van der Waals surface area (Å²) in [6, 6.07) is 7.87. The molecule has 15 heavy (non-hydrogen) atoms. The zero-order valence-corrected chi connectivity index (χ0v) is 9.46. The summed E-state index contributed by atoms with van der Waals surface area (Å²) in [4.78, 5) is 1.10. The van der Waals surface area contributed by atoms with Crippen LogP contribution in [0.2, 0.25) is 0 Å². The molecule has 1 aliphatic rings. The molecule has 1 unspecified atom stereocenters. The first-order chi connectivity index (χ1) is 7.33. The van der Waals surface area contributed by atoms with E-state index in [1.54, 1.807) is 11.8 Å². The Morgan fingerprint density at radius 2 is 2.20 bits per heavy atom. The Kier molecular flexibility index (Phi) is 3.34. The third kappa shape index (κ3) is 2.19. The second-order valence-electron chi connectivity index (χ2n) is 3.39. The maximum absolute atomic E-state index is 10.1. The van der Waals surface area contributed by atoms with E-state index in [9.17, 15) is 5.11 Å². The van der Waals surface area contributed by atoms with Gasteiger partial charge < -0.3 is 9.84 Å². The molecule has 1 atom stereocenters. The second-order valence-corrected chi connectivity index (χ2v) is 4.24. The van der Waals surface area contributed by atoms with E-state index in [2.05, 4.69) is 0 Å². The van der Waals surface area contributed by atoms with Crippen molar-refractivity contribution in [2.24, 2.45) is 0 Å². The third-order valence-electron chi connectivity index (χ3n) is 2.44. The van der Waals surface area contributed by atoms with Gasteiger partial charge in [-0.1, -0.05) is 18.2 Å². The first kappa shape index (κ1) is 10.6. The fourth-order valence-corrected chi connectivity index (χ4v) is 2.30. The van der Waals surface area contributed by atoms with Crippen molar-refractivity contribution >= 4 is 11.8 Å². The number of hydrogen-bond donors (Lipinski definition) is 1. The summed E-state index contributed by atoms with van der Waals surface area (Å²) in [5, 5.41) is 10.1. The van der Waals surface area contributed by atoms with Crippen LogP contribution in [0.3, 0.4) is 0 Å². The van der Waals surface area contributed by atoms with E-state index < -0.39 is 6.10 Å². The van der Waals surface area contributed by atoms with Gasteiger partial charge in [0, 0.05) is 16.9 Å². The smallest absolute Gasteiger partial charge is 0.137 e. The van der Waals surface area contributed by atoms with Gasteiger partial charge in [-0.05, 0) is 18.4 Å². The molecule has 0 saturated heterocycles. The maximum Gasteiger partial charge on any atom is 0.137 e. The molecule has 0 radical (unpaired) electrons. The number of rotatable bonds is 3. The van der Waals surface area contributed by atoms with Crippen molar-refractivity contribution in [1.82, 2.24) is 0 Å². The fourth-order valence-electron chi connectivity index (χ4n) is 1.67. The Morgan fingerprint density at radius 1 is 1.40 bits per heavy atom. The largest absolute Gasteiger partial charge is 0.495 e. The standard InChI is InChI=1S/C12H14O2S/c1-15-11-7-3-2-5-9(11)12(13)10-6-4-8-14-10/h2-3,5-7,12-13H,4,8H2,1H3. The van der Waals surface area contributed by atoms with E-state index in [1.165, 1.54) is 0 Å². The molecule has 0 aliphatic carbocycles. The number of benzene rings is 1. The lowest BCUT2D eigenvalue weighted by molar-refractivity contribution is 0.117. The summed E-state index contributed by atoms with van der Waals surface area (Å²) in [7, 11) is 0. The highest BCUT2D eigenvalue weighted by molar-refractivity contribution is 7.98. The van der Waals surface area contributed by atoms with Crippen LogP contribution >= 0.6 is 11.8 Å². The van der Waals surface area contributed by atoms with Crippen molar-refractivity contribution in [3.63, 3.8) is 0 Å². The lowest BCUT2D eigenvalue weighted by atomic mass is 10.1. The van der Waals surface area contributed by atoms with Gasteiger partial charge in [-0.15, -0.1) is 11.8 Å². The first-order valence-corrected chi connectivity index (χ1v) is 6.19. The predicted molar refractivity (Wildman–Crippen MR) is 61.8 cm³/mol. The highest BCUT2D eigenvalue weighted by Gasteiger charge is 2.19.